The number of furan rings is 1. The Kier molecular flexibility index (Phi) is 4.65. The maximum absolute atomic E-state index is 11.3. The van der Waals surface area contributed by atoms with E-state index in [2.05, 4.69) is 15.9 Å². The molecule has 1 heterocycles. The maximum atomic E-state index is 11.3. The van der Waals surface area contributed by atoms with Crippen molar-refractivity contribution in [3.63, 3.8) is 0 Å². The third-order valence-corrected chi connectivity index (χ3v) is 1.82. The summed E-state index contributed by atoms with van der Waals surface area (Å²) < 4.78 is 5.18. The predicted octanol–water partition coefficient (Wildman–Crippen LogP) is 2.21. The van der Waals surface area contributed by atoms with Crippen LogP contribution in [-0.4, -0.2) is 29.1 Å². The first-order chi connectivity index (χ1) is 6.02. The molecule has 1 aromatic rings. The second-order valence-corrected chi connectivity index (χ2v) is 3.07. The Labute approximate surface area is 94.2 Å². The fourth-order valence-corrected chi connectivity index (χ4v) is 1.04. The van der Waals surface area contributed by atoms with Gasteiger partial charge in [-0.25, -0.2) is 9.69 Å². The van der Waals surface area contributed by atoms with Gasteiger partial charge in [-0.3, -0.25) is 4.79 Å². The standard InChI is InChI=1S/C7H6BrNO4.ClH/c1-9(7(11)12)6(10)4-2-5(8)13-3-4;/h2-3H,1H3,(H,11,12);1H. The maximum Gasteiger partial charge on any atom is 0.414 e. The first kappa shape index (κ1) is 13.0. The lowest BCUT2D eigenvalue weighted by molar-refractivity contribution is 0.0781. The Bertz CT molecular complexity index is 351. The molecule has 0 bridgehead atoms. The summed E-state index contributed by atoms with van der Waals surface area (Å²) in [5.41, 5.74) is 0.191. The zero-order chi connectivity index (χ0) is 10.0. The molecule has 1 rings (SSSR count). The van der Waals surface area contributed by atoms with E-state index in [1.807, 2.05) is 0 Å². The summed E-state index contributed by atoms with van der Waals surface area (Å²) in [6.07, 6.45) is -0.117. The fourth-order valence-electron chi connectivity index (χ4n) is 0.703. The van der Waals surface area contributed by atoms with Crippen molar-refractivity contribution in [3.8, 4) is 0 Å². The quantitative estimate of drug-likeness (QED) is 0.858. The molecule has 5 nitrogen and oxygen atoms in total. The number of imide groups is 1. The molecule has 0 fully saturated rings. The van der Waals surface area contributed by atoms with Crippen LogP contribution in [0.2, 0.25) is 0 Å². The van der Waals surface area contributed by atoms with Crippen LogP contribution in [0.1, 0.15) is 10.4 Å². The van der Waals surface area contributed by atoms with Gasteiger partial charge in [0, 0.05) is 13.1 Å². The summed E-state index contributed by atoms with van der Waals surface area (Å²) in [5.74, 6) is -0.623. The van der Waals surface area contributed by atoms with Crippen molar-refractivity contribution in [1.29, 1.82) is 0 Å². The predicted molar refractivity (Wildman–Crippen MR) is 53.8 cm³/mol. The normalized spacial score (nSPS) is 9.00. The van der Waals surface area contributed by atoms with Crippen LogP contribution in [0.15, 0.2) is 21.4 Å². The number of rotatable bonds is 1. The first-order valence-corrected chi connectivity index (χ1v) is 4.06. The lowest BCUT2D eigenvalue weighted by atomic mass is 10.3. The fraction of sp³-hybridized carbons (Fsp3) is 0.143. The van der Waals surface area contributed by atoms with Crippen LogP contribution in [0.5, 0.6) is 0 Å². The van der Waals surface area contributed by atoms with Crippen molar-refractivity contribution in [2.45, 2.75) is 0 Å². The minimum atomic E-state index is -1.30. The Balaban J connectivity index is 0.00000169. The molecule has 14 heavy (non-hydrogen) atoms. The zero-order valence-electron chi connectivity index (χ0n) is 7.06. The van der Waals surface area contributed by atoms with Gasteiger partial charge in [0.2, 0.25) is 0 Å². The van der Waals surface area contributed by atoms with Crippen molar-refractivity contribution >= 4 is 40.3 Å². The highest BCUT2D eigenvalue weighted by Gasteiger charge is 2.18. The van der Waals surface area contributed by atoms with E-state index in [9.17, 15) is 9.59 Å². The molecule has 0 saturated carbocycles. The molecule has 0 aliphatic rings. The number of hydrogen-bond acceptors (Lipinski definition) is 3. The lowest BCUT2D eigenvalue weighted by Gasteiger charge is -2.08. The van der Waals surface area contributed by atoms with Gasteiger partial charge in [0.1, 0.15) is 6.26 Å². The van der Waals surface area contributed by atoms with Crippen LogP contribution >= 0.6 is 28.3 Å². The van der Waals surface area contributed by atoms with E-state index in [1.54, 1.807) is 0 Å². The van der Waals surface area contributed by atoms with Crippen molar-refractivity contribution in [1.82, 2.24) is 4.90 Å². The van der Waals surface area contributed by atoms with E-state index in [-0.39, 0.29) is 18.0 Å². The summed E-state index contributed by atoms with van der Waals surface area (Å²) in [4.78, 5) is 22.2. The zero-order valence-corrected chi connectivity index (χ0v) is 9.46. The molecule has 1 N–H and O–H groups in total. The third-order valence-electron chi connectivity index (χ3n) is 1.41. The van der Waals surface area contributed by atoms with Crippen molar-refractivity contribution < 1.29 is 19.1 Å². The van der Waals surface area contributed by atoms with E-state index in [4.69, 9.17) is 9.52 Å². The third kappa shape index (κ3) is 2.74. The van der Waals surface area contributed by atoms with E-state index in [1.165, 1.54) is 19.4 Å². The Morgan fingerprint density at radius 2 is 2.14 bits per heavy atom. The van der Waals surface area contributed by atoms with Gasteiger partial charge >= 0.3 is 6.09 Å². The van der Waals surface area contributed by atoms with Gasteiger partial charge < -0.3 is 9.52 Å². The summed E-state index contributed by atoms with van der Waals surface area (Å²) >= 11 is 3.00. The average molecular weight is 284 g/mol. The first-order valence-electron chi connectivity index (χ1n) is 3.27. The van der Waals surface area contributed by atoms with Gasteiger partial charge in [-0.05, 0) is 15.9 Å². The number of amides is 2. The number of halogens is 2. The Hall–Kier alpha value is -1.01. The van der Waals surface area contributed by atoms with E-state index < -0.39 is 12.0 Å². The molecule has 0 radical (unpaired) electrons. The second-order valence-electron chi connectivity index (χ2n) is 2.29. The van der Waals surface area contributed by atoms with Gasteiger partial charge in [-0.2, -0.15) is 0 Å². The molecule has 0 unspecified atom stereocenters. The average Bonchev–Trinajstić information content (AvgIpc) is 2.49. The SMILES string of the molecule is CN(C(=O)O)C(=O)c1coc(Br)c1.Cl. The van der Waals surface area contributed by atoms with Crippen LogP contribution in [-0.2, 0) is 0 Å². The lowest BCUT2D eigenvalue weighted by Crippen LogP contribution is -2.31. The largest absolute Gasteiger partial charge is 0.465 e. The summed E-state index contributed by atoms with van der Waals surface area (Å²) in [6, 6.07) is 1.40. The smallest absolute Gasteiger partial charge is 0.414 e. The van der Waals surface area contributed by atoms with Gasteiger partial charge in [0.25, 0.3) is 5.91 Å². The minimum absolute atomic E-state index is 0. The molecule has 2 amide bonds. The molecule has 0 spiro atoms. The summed E-state index contributed by atoms with van der Waals surface area (Å²) in [5, 5.41) is 8.48. The highest BCUT2D eigenvalue weighted by molar-refractivity contribution is 9.10. The molecule has 78 valence electrons. The molecule has 0 saturated heterocycles. The van der Waals surface area contributed by atoms with Crippen molar-refractivity contribution in [2.75, 3.05) is 7.05 Å². The van der Waals surface area contributed by atoms with Gasteiger partial charge in [0.15, 0.2) is 4.67 Å². The van der Waals surface area contributed by atoms with Gasteiger partial charge in [-0.1, -0.05) is 0 Å². The molecular formula is C7H7BrClNO4. The monoisotopic (exact) mass is 283 g/mol. The van der Waals surface area contributed by atoms with Gasteiger partial charge in [-0.15, -0.1) is 12.4 Å². The molecule has 1 aromatic heterocycles. The minimum Gasteiger partial charge on any atom is -0.465 e. The molecular weight excluding hydrogens is 277 g/mol. The van der Waals surface area contributed by atoms with Crippen molar-refractivity contribution in [3.05, 3.63) is 22.6 Å². The topological polar surface area (TPSA) is 70.8 Å². The summed E-state index contributed by atoms with van der Waals surface area (Å²) in [6.45, 7) is 0. The molecule has 0 aliphatic carbocycles. The van der Waals surface area contributed by atoms with Crippen LogP contribution < -0.4 is 0 Å². The number of hydrogen-bond donors (Lipinski definition) is 1. The molecule has 0 atom stereocenters. The van der Waals surface area contributed by atoms with Crippen LogP contribution in [0.25, 0.3) is 0 Å². The molecule has 7 heteroatoms. The van der Waals surface area contributed by atoms with Crippen LogP contribution in [0.4, 0.5) is 4.79 Å². The van der Waals surface area contributed by atoms with E-state index >= 15 is 0 Å². The second kappa shape index (κ2) is 5.02. The molecule has 0 aliphatic heterocycles. The van der Waals surface area contributed by atoms with E-state index in [0.717, 1.165) is 0 Å². The Morgan fingerprint density at radius 1 is 1.57 bits per heavy atom. The summed E-state index contributed by atoms with van der Waals surface area (Å²) in [7, 11) is 1.17. The number of nitrogens with zero attached hydrogens (tertiary/aromatic N) is 1. The van der Waals surface area contributed by atoms with Crippen LogP contribution in [0.3, 0.4) is 0 Å². The highest BCUT2D eigenvalue weighted by Crippen LogP contribution is 2.15. The highest BCUT2D eigenvalue weighted by atomic mass is 79.9. The number of carbonyl (C=O) groups excluding carboxylic acids is 1. The number of carboxylic acid groups (broad SMARTS) is 1. The van der Waals surface area contributed by atoms with Crippen molar-refractivity contribution in [2.24, 2.45) is 0 Å². The molecule has 0 aromatic carbocycles. The number of carbonyl (C=O) groups is 2. The van der Waals surface area contributed by atoms with Crippen LogP contribution in [0, 0.1) is 0 Å². The van der Waals surface area contributed by atoms with E-state index in [0.29, 0.717) is 9.57 Å². The Morgan fingerprint density at radius 3 is 2.50 bits per heavy atom. The van der Waals surface area contributed by atoms with Gasteiger partial charge in [0.05, 0.1) is 5.56 Å².